The number of sulfonamides is 1. The van der Waals surface area contributed by atoms with E-state index in [9.17, 15) is 8.42 Å². The molecule has 0 heterocycles. The van der Waals surface area contributed by atoms with Crippen LogP contribution in [0.2, 0.25) is 5.02 Å². The summed E-state index contributed by atoms with van der Waals surface area (Å²) in [5.74, 6) is 0. The van der Waals surface area contributed by atoms with Crippen molar-refractivity contribution in [2.45, 2.75) is 43.4 Å². The van der Waals surface area contributed by atoms with Gasteiger partial charge in [-0.3, -0.25) is 0 Å². The van der Waals surface area contributed by atoms with Gasteiger partial charge in [0, 0.05) is 12.6 Å². The smallest absolute Gasteiger partial charge is 0.242 e. The van der Waals surface area contributed by atoms with E-state index in [1.165, 1.54) is 12.1 Å². The Morgan fingerprint density at radius 3 is 2.75 bits per heavy atom. The zero-order valence-electron chi connectivity index (χ0n) is 11.2. The van der Waals surface area contributed by atoms with Crippen LogP contribution in [0.4, 0.5) is 0 Å². The van der Waals surface area contributed by atoms with Crippen molar-refractivity contribution in [3.63, 3.8) is 0 Å². The number of hydrogen-bond acceptors (Lipinski definition) is 4. The van der Waals surface area contributed by atoms with Crippen molar-refractivity contribution in [2.75, 3.05) is 6.61 Å². The first-order valence-corrected chi connectivity index (χ1v) is 8.35. The molecule has 1 fully saturated rings. The summed E-state index contributed by atoms with van der Waals surface area (Å²) in [7, 11) is -3.67. The number of aliphatic hydroxyl groups excluding tert-OH is 1. The fourth-order valence-electron chi connectivity index (χ4n) is 2.17. The summed E-state index contributed by atoms with van der Waals surface area (Å²) in [5, 5.41) is 9.23. The summed E-state index contributed by atoms with van der Waals surface area (Å²) in [6.45, 7) is 2.32. The van der Waals surface area contributed by atoms with Gasteiger partial charge in [-0.2, -0.15) is 0 Å². The van der Waals surface area contributed by atoms with Gasteiger partial charge in [0.1, 0.15) is 4.90 Å². The monoisotopic (exact) mass is 319 g/mol. The van der Waals surface area contributed by atoms with Crippen molar-refractivity contribution in [3.8, 4) is 0 Å². The molecule has 1 aliphatic rings. The zero-order valence-corrected chi connectivity index (χ0v) is 12.7. The fourth-order valence-corrected chi connectivity index (χ4v) is 3.98. The number of rotatable bonds is 6. The van der Waals surface area contributed by atoms with Crippen LogP contribution in [-0.4, -0.2) is 32.3 Å². The lowest BCUT2D eigenvalue weighted by Crippen LogP contribution is -2.47. The zero-order chi connectivity index (χ0) is 14.8. The molecule has 0 bridgehead atoms. The molecule has 7 heteroatoms. The molecule has 112 valence electrons. The van der Waals surface area contributed by atoms with Gasteiger partial charge in [-0.05, 0) is 37.5 Å². The molecule has 1 aromatic rings. The van der Waals surface area contributed by atoms with Crippen LogP contribution < -0.4 is 4.72 Å². The molecule has 0 unspecified atom stereocenters. The summed E-state index contributed by atoms with van der Waals surface area (Å²) in [4.78, 5) is 0.00516. The van der Waals surface area contributed by atoms with Crippen molar-refractivity contribution in [1.29, 1.82) is 0 Å². The Labute approximate surface area is 124 Å². The topological polar surface area (TPSA) is 75.6 Å². The molecule has 1 aliphatic carbocycles. The van der Waals surface area contributed by atoms with Crippen LogP contribution in [-0.2, 0) is 21.4 Å². The lowest BCUT2D eigenvalue weighted by molar-refractivity contribution is -0.00475. The number of ether oxygens (including phenoxy) is 1. The van der Waals surface area contributed by atoms with Crippen LogP contribution in [0.5, 0.6) is 0 Å². The van der Waals surface area contributed by atoms with Crippen molar-refractivity contribution >= 4 is 21.6 Å². The minimum Gasteiger partial charge on any atom is -0.392 e. The highest BCUT2D eigenvalue weighted by molar-refractivity contribution is 7.89. The molecule has 5 nitrogen and oxygen atoms in total. The molecule has 1 saturated carbocycles. The molecular formula is C13H18ClNO4S. The first kappa shape index (κ1) is 15.7. The van der Waals surface area contributed by atoms with Crippen LogP contribution in [0, 0.1) is 0 Å². The molecule has 0 amide bonds. The molecule has 2 rings (SSSR count). The fraction of sp³-hybridized carbons (Fsp3) is 0.538. The van der Waals surface area contributed by atoms with Crippen LogP contribution in [0.15, 0.2) is 23.1 Å². The van der Waals surface area contributed by atoms with E-state index >= 15 is 0 Å². The predicted octanol–water partition coefficient (Wildman–Crippen LogP) is 1.68. The maximum atomic E-state index is 12.3. The summed E-state index contributed by atoms with van der Waals surface area (Å²) < 4.78 is 32.6. The van der Waals surface area contributed by atoms with Gasteiger partial charge in [0.2, 0.25) is 10.0 Å². The van der Waals surface area contributed by atoms with Gasteiger partial charge >= 0.3 is 0 Å². The molecule has 0 spiro atoms. The van der Waals surface area contributed by atoms with E-state index in [1.807, 2.05) is 6.92 Å². The Morgan fingerprint density at radius 2 is 2.15 bits per heavy atom. The summed E-state index contributed by atoms with van der Waals surface area (Å²) in [6.07, 6.45) is 1.47. The lowest BCUT2D eigenvalue weighted by Gasteiger charge is -2.35. The molecule has 0 atom stereocenters. The van der Waals surface area contributed by atoms with Crippen LogP contribution in [0.25, 0.3) is 0 Å². The van der Waals surface area contributed by atoms with E-state index in [2.05, 4.69) is 4.72 Å². The highest BCUT2D eigenvalue weighted by Crippen LogP contribution is 2.27. The Bertz CT molecular complexity index is 570. The van der Waals surface area contributed by atoms with Crippen LogP contribution in [0.3, 0.4) is 0 Å². The van der Waals surface area contributed by atoms with Gasteiger partial charge in [0.15, 0.2) is 0 Å². The Morgan fingerprint density at radius 1 is 1.45 bits per heavy atom. The van der Waals surface area contributed by atoms with Crippen molar-refractivity contribution in [2.24, 2.45) is 0 Å². The molecular weight excluding hydrogens is 302 g/mol. The molecule has 0 aromatic heterocycles. The second kappa shape index (κ2) is 6.41. The Hall–Kier alpha value is -0.660. The highest BCUT2D eigenvalue weighted by Gasteiger charge is 2.33. The van der Waals surface area contributed by atoms with Gasteiger partial charge in [0.05, 0.1) is 17.7 Å². The van der Waals surface area contributed by atoms with Gasteiger partial charge in [-0.25, -0.2) is 13.1 Å². The SMILES string of the molecule is CCOC1CC(NS(=O)(=O)c2cc(CO)ccc2Cl)C1. The van der Waals surface area contributed by atoms with Gasteiger partial charge in [-0.1, -0.05) is 17.7 Å². The highest BCUT2D eigenvalue weighted by atomic mass is 35.5. The quantitative estimate of drug-likeness (QED) is 0.836. The lowest BCUT2D eigenvalue weighted by atomic mass is 9.90. The largest absolute Gasteiger partial charge is 0.392 e. The average molecular weight is 320 g/mol. The molecule has 0 aliphatic heterocycles. The Balaban J connectivity index is 2.08. The molecule has 0 saturated heterocycles. The molecule has 2 N–H and O–H groups in total. The van der Waals surface area contributed by atoms with Gasteiger partial charge < -0.3 is 9.84 Å². The third-order valence-electron chi connectivity index (χ3n) is 3.29. The van der Waals surface area contributed by atoms with Crippen LogP contribution in [0.1, 0.15) is 25.3 Å². The van der Waals surface area contributed by atoms with Gasteiger partial charge in [-0.15, -0.1) is 0 Å². The van der Waals surface area contributed by atoms with E-state index in [1.54, 1.807) is 6.07 Å². The van der Waals surface area contributed by atoms with Crippen molar-refractivity contribution < 1.29 is 18.3 Å². The van der Waals surface area contributed by atoms with E-state index in [4.69, 9.17) is 21.4 Å². The maximum absolute atomic E-state index is 12.3. The van der Waals surface area contributed by atoms with Gasteiger partial charge in [0.25, 0.3) is 0 Å². The Kier molecular flexibility index (Phi) is 5.04. The van der Waals surface area contributed by atoms with E-state index in [0.29, 0.717) is 25.0 Å². The number of hydrogen-bond donors (Lipinski definition) is 2. The molecule has 20 heavy (non-hydrogen) atoms. The van der Waals surface area contributed by atoms with E-state index < -0.39 is 10.0 Å². The number of aliphatic hydroxyl groups is 1. The second-order valence-electron chi connectivity index (χ2n) is 4.79. The summed E-state index contributed by atoms with van der Waals surface area (Å²) in [6, 6.07) is 4.34. The number of halogens is 1. The minimum atomic E-state index is -3.67. The minimum absolute atomic E-state index is 0.00516. The first-order valence-electron chi connectivity index (χ1n) is 6.49. The van der Waals surface area contributed by atoms with Crippen LogP contribution >= 0.6 is 11.6 Å². The molecule has 0 radical (unpaired) electrons. The van der Waals surface area contributed by atoms with E-state index in [0.717, 1.165) is 0 Å². The predicted molar refractivity (Wildman–Crippen MR) is 76.1 cm³/mol. The van der Waals surface area contributed by atoms with Crippen molar-refractivity contribution in [3.05, 3.63) is 28.8 Å². The third kappa shape index (κ3) is 3.51. The molecule has 1 aromatic carbocycles. The third-order valence-corrected chi connectivity index (χ3v) is 5.29. The average Bonchev–Trinajstić information content (AvgIpc) is 2.36. The normalized spacial score (nSPS) is 22.6. The number of benzene rings is 1. The second-order valence-corrected chi connectivity index (χ2v) is 6.88. The first-order chi connectivity index (χ1) is 9.46. The summed E-state index contributed by atoms with van der Waals surface area (Å²) in [5.41, 5.74) is 0.510. The maximum Gasteiger partial charge on any atom is 0.242 e. The van der Waals surface area contributed by atoms with E-state index in [-0.39, 0.29) is 28.7 Å². The summed E-state index contributed by atoms with van der Waals surface area (Å²) >= 11 is 5.94. The number of nitrogens with one attached hydrogen (secondary N) is 1. The standard InChI is InChI=1S/C13H18ClNO4S/c1-2-19-11-6-10(7-11)15-20(17,18)13-5-9(8-16)3-4-12(13)14/h3-5,10-11,15-16H,2,6-8H2,1H3. The van der Waals surface area contributed by atoms with Crippen molar-refractivity contribution in [1.82, 2.24) is 4.72 Å².